The monoisotopic (exact) mass is 446 g/mol. The van der Waals surface area contributed by atoms with Gasteiger partial charge in [0.05, 0.1) is 6.04 Å². The second kappa shape index (κ2) is 9.96. The van der Waals surface area contributed by atoms with E-state index in [1.807, 2.05) is 55.6 Å². The smallest absolute Gasteiger partial charge is 0.268 e. The molecule has 1 atom stereocenters. The van der Waals surface area contributed by atoms with Gasteiger partial charge in [-0.15, -0.1) is 11.3 Å². The normalized spacial score (nSPS) is 12.8. The van der Waals surface area contributed by atoms with Crippen LogP contribution in [0.2, 0.25) is 0 Å². The van der Waals surface area contributed by atoms with Crippen molar-refractivity contribution in [3.63, 3.8) is 0 Å². The molecule has 0 saturated heterocycles. The lowest BCUT2D eigenvalue weighted by atomic mass is 9.86. The van der Waals surface area contributed by atoms with E-state index < -0.39 is 0 Å². The van der Waals surface area contributed by atoms with Crippen LogP contribution in [0.1, 0.15) is 65.7 Å². The Bertz CT molecular complexity index is 1090. The maximum atomic E-state index is 13.1. The molecule has 1 aromatic heterocycles. The molecule has 0 aliphatic rings. The number of carbonyl (C=O) groups excluding carboxylic acids is 2. The van der Waals surface area contributed by atoms with E-state index >= 15 is 0 Å². The van der Waals surface area contributed by atoms with E-state index in [2.05, 4.69) is 43.5 Å². The molecule has 0 spiro atoms. The third kappa shape index (κ3) is 6.17. The molecule has 32 heavy (non-hydrogen) atoms. The van der Waals surface area contributed by atoms with E-state index in [0.717, 1.165) is 16.0 Å². The van der Waals surface area contributed by atoms with Crippen LogP contribution in [0.25, 0.3) is 6.08 Å². The second-order valence-corrected chi connectivity index (χ2v) is 9.94. The van der Waals surface area contributed by atoms with E-state index in [4.69, 9.17) is 0 Å². The van der Waals surface area contributed by atoms with Gasteiger partial charge in [0.15, 0.2) is 0 Å². The van der Waals surface area contributed by atoms with Gasteiger partial charge in [0.2, 0.25) is 0 Å². The first-order valence-electron chi connectivity index (χ1n) is 10.7. The average molecular weight is 447 g/mol. The van der Waals surface area contributed by atoms with Gasteiger partial charge in [0.25, 0.3) is 11.8 Å². The van der Waals surface area contributed by atoms with Crippen LogP contribution < -0.4 is 10.6 Å². The van der Waals surface area contributed by atoms with Crippen molar-refractivity contribution in [2.45, 2.75) is 46.1 Å². The van der Waals surface area contributed by atoms with Crippen LogP contribution in [0.15, 0.2) is 71.7 Å². The molecule has 0 bridgehead atoms. The highest BCUT2D eigenvalue weighted by atomic mass is 32.1. The standard InChI is InChI=1S/C27H30N2O2S/c1-18-8-10-21(11-9-18)25(30)29-24(17-23-7-6-16-32-23)26(31)28-19(2)20-12-14-22(15-13-20)27(3,4)5/h6-17,19H,1-5H3,(H,28,31)(H,29,30)/b24-17-/t19-/m1/s1. The second-order valence-electron chi connectivity index (χ2n) is 8.96. The third-order valence-electron chi connectivity index (χ3n) is 5.26. The van der Waals surface area contributed by atoms with Gasteiger partial charge in [-0.2, -0.15) is 0 Å². The summed E-state index contributed by atoms with van der Waals surface area (Å²) < 4.78 is 0. The van der Waals surface area contributed by atoms with Gasteiger partial charge >= 0.3 is 0 Å². The van der Waals surface area contributed by atoms with Crippen LogP contribution in [-0.2, 0) is 10.2 Å². The molecular weight excluding hydrogens is 416 g/mol. The Balaban J connectivity index is 1.78. The molecule has 0 aliphatic heterocycles. The Morgan fingerprint density at radius 1 is 0.969 bits per heavy atom. The number of benzene rings is 2. The van der Waals surface area contributed by atoms with E-state index in [9.17, 15) is 9.59 Å². The van der Waals surface area contributed by atoms with Crippen LogP contribution in [0.5, 0.6) is 0 Å². The van der Waals surface area contributed by atoms with Gasteiger partial charge in [0, 0.05) is 10.4 Å². The van der Waals surface area contributed by atoms with Crippen molar-refractivity contribution in [2.75, 3.05) is 0 Å². The summed E-state index contributed by atoms with van der Waals surface area (Å²) in [5.41, 5.74) is 4.11. The summed E-state index contributed by atoms with van der Waals surface area (Å²) in [4.78, 5) is 26.8. The molecule has 0 radical (unpaired) electrons. The predicted octanol–water partition coefficient (Wildman–Crippen LogP) is 6.00. The molecule has 1 heterocycles. The number of aryl methyl sites for hydroxylation is 1. The largest absolute Gasteiger partial charge is 0.344 e. The Hall–Kier alpha value is -3.18. The fraction of sp³-hybridized carbons (Fsp3) is 0.259. The fourth-order valence-corrected chi connectivity index (χ4v) is 3.86. The Labute approximate surface area is 194 Å². The van der Waals surface area contributed by atoms with Crippen molar-refractivity contribution in [3.05, 3.63) is 98.9 Å². The van der Waals surface area contributed by atoms with Crippen molar-refractivity contribution >= 4 is 29.2 Å². The van der Waals surface area contributed by atoms with Crippen LogP contribution in [-0.4, -0.2) is 11.8 Å². The molecule has 5 heteroatoms. The third-order valence-corrected chi connectivity index (χ3v) is 6.08. The van der Waals surface area contributed by atoms with E-state index in [-0.39, 0.29) is 29.0 Å². The van der Waals surface area contributed by atoms with Crippen molar-refractivity contribution in [1.82, 2.24) is 10.6 Å². The number of thiophene rings is 1. The molecule has 0 unspecified atom stereocenters. The van der Waals surface area contributed by atoms with Gasteiger partial charge in [-0.25, -0.2) is 0 Å². The highest BCUT2D eigenvalue weighted by molar-refractivity contribution is 7.10. The zero-order valence-electron chi connectivity index (χ0n) is 19.2. The SMILES string of the molecule is Cc1ccc(C(=O)N/C(=C\c2cccs2)C(=O)N[C@H](C)c2ccc(C(C)(C)C)cc2)cc1. The highest BCUT2D eigenvalue weighted by Gasteiger charge is 2.19. The van der Waals surface area contributed by atoms with E-state index in [1.54, 1.807) is 18.2 Å². The minimum Gasteiger partial charge on any atom is -0.344 e. The molecule has 0 aliphatic carbocycles. The predicted molar refractivity (Wildman–Crippen MR) is 133 cm³/mol. The van der Waals surface area contributed by atoms with Gasteiger partial charge in [-0.05, 0) is 60.0 Å². The van der Waals surface area contributed by atoms with Crippen LogP contribution in [0.3, 0.4) is 0 Å². The Morgan fingerprint density at radius 2 is 1.62 bits per heavy atom. The Kier molecular flexibility index (Phi) is 7.31. The van der Waals surface area contributed by atoms with Gasteiger partial charge in [0.1, 0.15) is 5.70 Å². The number of hydrogen-bond donors (Lipinski definition) is 2. The quantitative estimate of drug-likeness (QED) is 0.456. The van der Waals surface area contributed by atoms with Crippen LogP contribution in [0.4, 0.5) is 0 Å². The fourth-order valence-electron chi connectivity index (χ4n) is 3.20. The summed E-state index contributed by atoms with van der Waals surface area (Å²) in [6, 6.07) is 19.1. The van der Waals surface area contributed by atoms with Gasteiger partial charge in [-0.3, -0.25) is 9.59 Å². The molecule has 166 valence electrons. The van der Waals surface area contributed by atoms with Crippen molar-refractivity contribution in [2.24, 2.45) is 0 Å². The Morgan fingerprint density at radius 3 is 2.19 bits per heavy atom. The first-order valence-corrected chi connectivity index (χ1v) is 11.6. The number of hydrogen-bond acceptors (Lipinski definition) is 3. The number of amides is 2. The molecule has 3 aromatic rings. The lowest BCUT2D eigenvalue weighted by molar-refractivity contribution is -0.118. The van der Waals surface area contributed by atoms with E-state index in [1.165, 1.54) is 16.9 Å². The zero-order chi connectivity index (χ0) is 23.3. The zero-order valence-corrected chi connectivity index (χ0v) is 20.0. The molecule has 2 N–H and O–H groups in total. The minimum absolute atomic E-state index is 0.0713. The van der Waals surface area contributed by atoms with E-state index in [0.29, 0.717) is 5.56 Å². The molecule has 4 nitrogen and oxygen atoms in total. The summed E-state index contributed by atoms with van der Waals surface area (Å²) >= 11 is 1.50. The summed E-state index contributed by atoms with van der Waals surface area (Å²) in [6.45, 7) is 10.4. The van der Waals surface area contributed by atoms with Gasteiger partial charge in [-0.1, -0.05) is 68.8 Å². The topological polar surface area (TPSA) is 58.2 Å². The first-order chi connectivity index (χ1) is 15.1. The number of rotatable bonds is 6. The van der Waals surface area contributed by atoms with Crippen LogP contribution >= 0.6 is 11.3 Å². The summed E-state index contributed by atoms with van der Waals surface area (Å²) in [6.07, 6.45) is 1.71. The van der Waals surface area contributed by atoms with Crippen molar-refractivity contribution < 1.29 is 9.59 Å². The van der Waals surface area contributed by atoms with Gasteiger partial charge < -0.3 is 10.6 Å². The van der Waals surface area contributed by atoms with Crippen LogP contribution in [0, 0.1) is 6.92 Å². The maximum Gasteiger partial charge on any atom is 0.268 e. The average Bonchev–Trinajstić information content (AvgIpc) is 3.26. The van der Waals surface area contributed by atoms with Crippen molar-refractivity contribution in [3.8, 4) is 0 Å². The lowest BCUT2D eigenvalue weighted by Gasteiger charge is -2.21. The molecule has 0 fully saturated rings. The molecular formula is C27H30N2O2S. The molecule has 2 amide bonds. The number of carbonyl (C=O) groups is 2. The number of nitrogens with one attached hydrogen (secondary N) is 2. The summed E-state index contributed by atoms with van der Waals surface area (Å²) in [7, 11) is 0. The summed E-state index contributed by atoms with van der Waals surface area (Å²) in [5.74, 6) is -0.642. The molecule has 3 rings (SSSR count). The molecule has 0 saturated carbocycles. The van der Waals surface area contributed by atoms with Crippen molar-refractivity contribution in [1.29, 1.82) is 0 Å². The highest BCUT2D eigenvalue weighted by Crippen LogP contribution is 2.24. The molecule has 2 aromatic carbocycles. The minimum atomic E-state index is -0.328. The lowest BCUT2D eigenvalue weighted by Crippen LogP contribution is -2.36. The summed E-state index contributed by atoms with van der Waals surface area (Å²) in [5, 5.41) is 7.74. The first kappa shape index (κ1) is 23.5. The maximum absolute atomic E-state index is 13.1.